The maximum atomic E-state index is 11.9. The van der Waals surface area contributed by atoms with Crippen LogP contribution < -0.4 is 4.74 Å². The van der Waals surface area contributed by atoms with Crippen LogP contribution in [0.25, 0.3) is 0 Å². The second-order valence-corrected chi connectivity index (χ2v) is 7.80. The van der Waals surface area contributed by atoms with Crippen molar-refractivity contribution in [3.8, 4) is 17.6 Å². The number of hydrogen-bond acceptors (Lipinski definition) is 5. The van der Waals surface area contributed by atoms with E-state index in [1.807, 2.05) is 6.07 Å². The Morgan fingerprint density at radius 3 is 2.56 bits per heavy atom. The van der Waals surface area contributed by atoms with Gasteiger partial charge in [-0.25, -0.2) is 8.42 Å². The van der Waals surface area contributed by atoms with E-state index >= 15 is 0 Å². The number of nitrogens with zero attached hydrogens (tertiary/aromatic N) is 1. The lowest BCUT2D eigenvalue weighted by atomic mass is 10.1. The largest absolute Gasteiger partial charge is 0.481 e. The van der Waals surface area contributed by atoms with Gasteiger partial charge in [-0.2, -0.15) is 5.26 Å². The molecule has 0 saturated carbocycles. The third-order valence-corrected chi connectivity index (χ3v) is 5.43. The molecule has 0 heterocycles. The van der Waals surface area contributed by atoms with Crippen molar-refractivity contribution in [1.29, 1.82) is 5.26 Å². The molecule has 0 aromatic heterocycles. The van der Waals surface area contributed by atoms with Gasteiger partial charge >= 0.3 is 5.97 Å². The Balaban J connectivity index is 2.41. The van der Waals surface area contributed by atoms with Crippen LogP contribution in [0.2, 0.25) is 5.02 Å². The highest BCUT2D eigenvalue weighted by atomic mass is 35.5. The third kappa shape index (κ3) is 4.50. The Kier molecular flexibility index (Phi) is 5.67. The molecule has 0 saturated heterocycles. The molecule has 0 aliphatic carbocycles. The molecule has 2 aromatic carbocycles. The summed E-state index contributed by atoms with van der Waals surface area (Å²) in [6.07, 6.45) is -0.202. The van der Waals surface area contributed by atoms with Crippen LogP contribution in [0.5, 0.6) is 11.5 Å². The maximum absolute atomic E-state index is 11.9. The first-order valence-corrected chi connectivity index (χ1v) is 9.25. The van der Waals surface area contributed by atoms with Crippen LogP contribution in [-0.4, -0.2) is 25.2 Å². The summed E-state index contributed by atoms with van der Waals surface area (Å²) in [6.45, 7) is 1.51. The molecule has 2 aromatic rings. The Bertz CT molecular complexity index is 963. The highest BCUT2D eigenvalue weighted by molar-refractivity contribution is 7.91. The Morgan fingerprint density at radius 2 is 1.96 bits per heavy atom. The average Bonchev–Trinajstić information content (AvgIpc) is 2.57. The molecule has 130 valence electrons. The number of halogens is 1. The molecule has 0 fully saturated rings. The van der Waals surface area contributed by atoms with E-state index in [4.69, 9.17) is 21.4 Å². The van der Waals surface area contributed by atoms with Crippen LogP contribution in [-0.2, 0) is 21.1 Å². The first-order chi connectivity index (χ1) is 11.8. The third-order valence-electron chi connectivity index (χ3n) is 3.38. The van der Waals surface area contributed by atoms with Crippen molar-refractivity contribution in [1.82, 2.24) is 0 Å². The van der Waals surface area contributed by atoms with Gasteiger partial charge in [-0.15, -0.1) is 0 Å². The first-order valence-electron chi connectivity index (χ1n) is 7.21. The molecule has 8 heteroatoms. The number of benzene rings is 2. The monoisotopic (exact) mass is 379 g/mol. The number of carboxylic acids is 1. The minimum atomic E-state index is -3.45. The van der Waals surface area contributed by atoms with Crippen molar-refractivity contribution in [3.05, 3.63) is 52.5 Å². The van der Waals surface area contributed by atoms with E-state index in [2.05, 4.69) is 0 Å². The van der Waals surface area contributed by atoms with Gasteiger partial charge in [-0.1, -0.05) is 24.6 Å². The molecule has 0 amide bonds. The van der Waals surface area contributed by atoms with Gasteiger partial charge in [0.25, 0.3) is 0 Å². The second kappa shape index (κ2) is 7.55. The average molecular weight is 380 g/mol. The standard InChI is InChI=1S/C17H14ClNO5S/c1-2-25(22,23)13-4-6-15(12(9-13)10-19)24-16-7-11(8-17(20)21)3-5-14(16)18/h3-7,9H,2,8H2,1H3,(H,20,21). The molecule has 0 bridgehead atoms. The molecule has 2 rings (SSSR count). The highest BCUT2D eigenvalue weighted by Gasteiger charge is 2.16. The molecule has 0 radical (unpaired) electrons. The minimum absolute atomic E-state index is 0.0321. The molecule has 0 aliphatic rings. The molecule has 0 atom stereocenters. The SMILES string of the molecule is CCS(=O)(=O)c1ccc(Oc2cc(CC(=O)O)ccc2Cl)c(C#N)c1. The van der Waals surface area contributed by atoms with Gasteiger partial charge in [-0.05, 0) is 35.9 Å². The summed E-state index contributed by atoms with van der Waals surface area (Å²) >= 11 is 6.05. The number of aliphatic carboxylic acids is 1. The molecular weight excluding hydrogens is 366 g/mol. The summed E-state index contributed by atoms with van der Waals surface area (Å²) < 4.78 is 29.4. The molecular formula is C17H14ClNO5S. The molecule has 0 spiro atoms. The lowest BCUT2D eigenvalue weighted by Crippen LogP contribution is -2.04. The van der Waals surface area contributed by atoms with Crippen molar-refractivity contribution in [3.63, 3.8) is 0 Å². The molecule has 25 heavy (non-hydrogen) atoms. The Labute approximate surface area is 150 Å². The van der Waals surface area contributed by atoms with Gasteiger partial charge in [0.1, 0.15) is 17.6 Å². The van der Waals surface area contributed by atoms with Crippen LogP contribution in [0.4, 0.5) is 0 Å². The number of ether oxygens (including phenoxy) is 1. The van der Waals surface area contributed by atoms with Crippen LogP contribution >= 0.6 is 11.6 Å². The van der Waals surface area contributed by atoms with Gasteiger partial charge in [-0.3, -0.25) is 4.79 Å². The Hall–Kier alpha value is -2.56. The first kappa shape index (κ1) is 18.8. The van der Waals surface area contributed by atoms with Gasteiger partial charge in [0.15, 0.2) is 9.84 Å². The fourth-order valence-corrected chi connectivity index (χ4v) is 3.14. The Morgan fingerprint density at radius 1 is 1.24 bits per heavy atom. The molecule has 0 unspecified atom stereocenters. The predicted molar refractivity (Wildman–Crippen MR) is 91.7 cm³/mol. The van der Waals surface area contributed by atoms with Crippen LogP contribution in [0.1, 0.15) is 18.1 Å². The van der Waals surface area contributed by atoms with Gasteiger partial charge < -0.3 is 9.84 Å². The van der Waals surface area contributed by atoms with Crippen molar-refractivity contribution >= 4 is 27.4 Å². The number of rotatable bonds is 6. The van der Waals surface area contributed by atoms with Gasteiger partial charge in [0.2, 0.25) is 0 Å². The number of sulfone groups is 1. The normalized spacial score (nSPS) is 10.9. The lowest BCUT2D eigenvalue weighted by molar-refractivity contribution is -0.136. The zero-order valence-electron chi connectivity index (χ0n) is 13.2. The number of carbonyl (C=O) groups is 1. The van der Waals surface area contributed by atoms with E-state index < -0.39 is 15.8 Å². The van der Waals surface area contributed by atoms with E-state index in [-0.39, 0.29) is 39.2 Å². The summed E-state index contributed by atoms with van der Waals surface area (Å²) in [7, 11) is -3.45. The summed E-state index contributed by atoms with van der Waals surface area (Å²) in [5.74, 6) is -0.767. The molecule has 1 N–H and O–H groups in total. The smallest absolute Gasteiger partial charge is 0.307 e. The van der Waals surface area contributed by atoms with Crippen molar-refractivity contribution in [2.24, 2.45) is 0 Å². The van der Waals surface area contributed by atoms with Crippen LogP contribution in [0, 0.1) is 11.3 Å². The van der Waals surface area contributed by atoms with Crippen LogP contribution in [0.15, 0.2) is 41.3 Å². The van der Waals surface area contributed by atoms with Gasteiger partial charge in [0, 0.05) is 0 Å². The van der Waals surface area contributed by atoms with Crippen molar-refractivity contribution in [2.45, 2.75) is 18.2 Å². The summed E-state index contributed by atoms with van der Waals surface area (Å²) in [4.78, 5) is 10.8. The summed E-state index contributed by atoms with van der Waals surface area (Å²) in [5.41, 5.74) is 0.518. The van der Waals surface area contributed by atoms with E-state index in [9.17, 15) is 18.5 Å². The second-order valence-electron chi connectivity index (χ2n) is 5.11. The zero-order chi connectivity index (χ0) is 18.6. The molecule has 6 nitrogen and oxygen atoms in total. The lowest BCUT2D eigenvalue weighted by Gasteiger charge is -2.11. The summed E-state index contributed by atoms with van der Waals surface area (Å²) in [5, 5.41) is 18.4. The van der Waals surface area contributed by atoms with Crippen molar-refractivity contribution in [2.75, 3.05) is 5.75 Å². The number of nitriles is 1. The van der Waals surface area contributed by atoms with Crippen molar-refractivity contribution < 1.29 is 23.1 Å². The summed E-state index contributed by atoms with van der Waals surface area (Å²) in [6, 6.07) is 10.4. The number of hydrogen-bond donors (Lipinski definition) is 1. The topological polar surface area (TPSA) is 104 Å². The fraction of sp³-hybridized carbons (Fsp3) is 0.176. The van der Waals surface area contributed by atoms with Crippen LogP contribution in [0.3, 0.4) is 0 Å². The highest BCUT2D eigenvalue weighted by Crippen LogP contribution is 2.33. The number of carboxylic acid groups (broad SMARTS) is 1. The maximum Gasteiger partial charge on any atom is 0.307 e. The van der Waals surface area contributed by atoms with E-state index in [0.717, 1.165) is 0 Å². The molecule has 0 aliphatic heterocycles. The van der Waals surface area contributed by atoms with Gasteiger partial charge in [0.05, 0.1) is 27.7 Å². The quantitative estimate of drug-likeness (QED) is 0.824. The van der Waals surface area contributed by atoms with E-state index in [1.165, 1.54) is 37.3 Å². The van der Waals surface area contributed by atoms with E-state index in [1.54, 1.807) is 6.07 Å². The predicted octanol–water partition coefficient (Wildman–Crippen LogP) is 3.42. The zero-order valence-corrected chi connectivity index (χ0v) is 14.8. The fourth-order valence-electron chi connectivity index (χ4n) is 2.07. The van der Waals surface area contributed by atoms with E-state index in [0.29, 0.717) is 5.56 Å². The minimum Gasteiger partial charge on any atom is -0.481 e.